The number of hydrogen-bond donors (Lipinski definition) is 1. The number of aliphatic hydroxyl groups excluding tert-OH is 1. The third-order valence-corrected chi connectivity index (χ3v) is 2.15. The highest BCUT2D eigenvalue weighted by molar-refractivity contribution is 9.10. The van der Waals surface area contributed by atoms with Gasteiger partial charge in [-0.3, -0.25) is 0 Å². The van der Waals surface area contributed by atoms with Gasteiger partial charge in [0.05, 0.1) is 6.20 Å². The summed E-state index contributed by atoms with van der Waals surface area (Å²) in [6.07, 6.45) is 0.825. The summed E-state index contributed by atoms with van der Waals surface area (Å²) in [5, 5.41) is 9.22. The summed E-state index contributed by atoms with van der Waals surface area (Å²) in [7, 11) is 0. The Kier molecular flexibility index (Phi) is 2.43. The van der Waals surface area contributed by atoms with E-state index in [2.05, 4.69) is 20.9 Å². The number of furan rings is 1. The van der Waals surface area contributed by atoms with Crippen LogP contribution in [-0.4, -0.2) is 10.1 Å². The molecule has 0 spiro atoms. The van der Waals surface area contributed by atoms with Gasteiger partial charge in [0.25, 0.3) is 5.89 Å². The molecule has 2 rings (SSSR count). The van der Waals surface area contributed by atoms with Crippen LogP contribution in [0.1, 0.15) is 18.8 Å². The first-order chi connectivity index (χ1) is 6.66. The minimum atomic E-state index is -0.658. The van der Waals surface area contributed by atoms with Crippen molar-refractivity contribution in [2.24, 2.45) is 0 Å². The largest absolute Gasteiger partial charge is 0.444 e. The highest BCUT2D eigenvalue weighted by Gasteiger charge is 2.12. The van der Waals surface area contributed by atoms with Crippen LogP contribution in [-0.2, 0) is 0 Å². The Labute approximate surface area is 88.7 Å². The van der Waals surface area contributed by atoms with Crippen LogP contribution in [0.25, 0.3) is 11.7 Å². The average molecular weight is 258 g/mol. The standard InChI is InChI=1S/C9H8BrNO3/c1-5(12)7-4-11-9(14-7)6-2-3-8(10)13-6/h2-5,12H,1H3. The monoisotopic (exact) mass is 257 g/mol. The highest BCUT2D eigenvalue weighted by Crippen LogP contribution is 2.26. The van der Waals surface area contributed by atoms with Crippen LogP contribution in [0.15, 0.2) is 31.8 Å². The summed E-state index contributed by atoms with van der Waals surface area (Å²) in [5.74, 6) is 1.32. The van der Waals surface area contributed by atoms with E-state index < -0.39 is 6.10 Å². The molecule has 1 N–H and O–H groups in total. The average Bonchev–Trinajstić information content (AvgIpc) is 2.70. The Bertz CT molecular complexity index is 433. The van der Waals surface area contributed by atoms with Gasteiger partial charge in [0.15, 0.2) is 16.2 Å². The van der Waals surface area contributed by atoms with Crippen molar-refractivity contribution < 1.29 is 13.9 Å². The fourth-order valence-corrected chi connectivity index (χ4v) is 1.33. The number of aliphatic hydroxyl groups is 1. The van der Waals surface area contributed by atoms with Gasteiger partial charge in [0.2, 0.25) is 0 Å². The van der Waals surface area contributed by atoms with Crippen LogP contribution < -0.4 is 0 Å². The van der Waals surface area contributed by atoms with E-state index >= 15 is 0 Å². The number of aromatic nitrogens is 1. The van der Waals surface area contributed by atoms with Gasteiger partial charge in [-0.15, -0.1) is 0 Å². The van der Waals surface area contributed by atoms with Crippen molar-refractivity contribution in [3.05, 3.63) is 28.8 Å². The molecule has 0 aromatic carbocycles. The van der Waals surface area contributed by atoms with E-state index in [1.54, 1.807) is 19.1 Å². The molecule has 2 heterocycles. The minimum absolute atomic E-state index is 0.367. The molecule has 74 valence electrons. The molecule has 2 aromatic rings. The lowest BCUT2D eigenvalue weighted by Gasteiger charge is -1.95. The zero-order chi connectivity index (χ0) is 10.1. The number of oxazole rings is 1. The predicted molar refractivity (Wildman–Crippen MR) is 52.5 cm³/mol. The summed E-state index contributed by atoms with van der Waals surface area (Å²) < 4.78 is 11.1. The second kappa shape index (κ2) is 3.59. The van der Waals surface area contributed by atoms with Gasteiger partial charge in [-0.05, 0) is 35.0 Å². The van der Waals surface area contributed by atoms with Gasteiger partial charge in [-0.2, -0.15) is 0 Å². The molecule has 4 nitrogen and oxygen atoms in total. The van der Waals surface area contributed by atoms with Crippen molar-refractivity contribution in [3.63, 3.8) is 0 Å². The first-order valence-electron chi connectivity index (χ1n) is 4.06. The van der Waals surface area contributed by atoms with E-state index in [9.17, 15) is 5.11 Å². The van der Waals surface area contributed by atoms with E-state index in [-0.39, 0.29) is 0 Å². The molecule has 1 unspecified atom stereocenters. The van der Waals surface area contributed by atoms with E-state index in [4.69, 9.17) is 8.83 Å². The predicted octanol–water partition coefficient (Wildman–Crippen LogP) is 2.75. The zero-order valence-electron chi connectivity index (χ0n) is 7.40. The van der Waals surface area contributed by atoms with Crippen molar-refractivity contribution in [1.29, 1.82) is 0 Å². The Balaban J connectivity index is 2.33. The molecule has 5 heteroatoms. The molecule has 0 bridgehead atoms. The van der Waals surface area contributed by atoms with Gasteiger partial charge in [0.1, 0.15) is 6.10 Å². The molecule has 0 aliphatic carbocycles. The molecule has 1 atom stereocenters. The molecule has 14 heavy (non-hydrogen) atoms. The van der Waals surface area contributed by atoms with Gasteiger partial charge in [-0.1, -0.05) is 0 Å². The van der Waals surface area contributed by atoms with Gasteiger partial charge in [0, 0.05) is 0 Å². The Hall–Kier alpha value is -1.07. The number of nitrogens with zero attached hydrogens (tertiary/aromatic N) is 1. The smallest absolute Gasteiger partial charge is 0.263 e. The van der Waals surface area contributed by atoms with E-state index in [1.165, 1.54) is 6.20 Å². The fourth-order valence-electron chi connectivity index (χ4n) is 1.02. The van der Waals surface area contributed by atoms with Crippen molar-refractivity contribution >= 4 is 15.9 Å². The number of hydrogen-bond acceptors (Lipinski definition) is 4. The van der Waals surface area contributed by atoms with E-state index in [0.29, 0.717) is 22.1 Å². The second-order valence-electron chi connectivity index (χ2n) is 2.85. The SMILES string of the molecule is CC(O)c1cnc(-c2ccc(Br)o2)o1. The molecule has 0 aliphatic rings. The second-order valence-corrected chi connectivity index (χ2v) is 3.63. The molecular formula is C9H8BrNO3. The molecule has 0 saturated carbocycles. The first-order valence-corrected chi connectivity index (χ1v) is 4.85. The van der Waals surface area contributed by atoms with Crippen LogP contribution >= 0.6 is 15.9 Å². The van der Waals surface area contributed by atoms with Crippen molar-refractivity contribution in [2.75, 3.05) is 0 Å². The topological polar surface area (TPSA) is 59.4 Å². The Morgan fingerprint density at radius 2 is 2.21 bits per heavy atom. The lowest BCUT2D eigenvalue weighted by atomic mass is 10.3. The van der Waals surface area contributed by atoms with Crippen LogP contribution in [0, 0.1) is 0 Å². The maximum Gasteiger partial charge on any atom is 0.263 e. The summed E-state index contributed by atoms with van der Waals surface area (Å²) in [4.78, 5) is 3.98. The fraction of sp³-hybridized carbons (Fsp3) is 0.222. The summed E-state index contributed by atoms with van der Waals surface area (Å²) in [5.41, 5.74) is 0. The maximum absolute atomic E-state index is 9.22. The maximum atomic E-state index is 9.22. The van der Waals surface area contributed by atoms with Gasteiger partial charge >= 0.3 is 0 Å². The highest BCUT2D eigenvalue weighted by atomic mass is 79.9. The lowest BCUT2D eigenvalue weighted by Crippen LogP contribution is -1.85. The molecule has 0 amide bonds. The Morgan fingerprint density at radius 3 is 2.71 bits per heavy atom. The van der Waals surface area contributed by atoms with Crippen molar-refractivity contribution in [1.82, 2.24) is 4.98 Å². The van der Waals surface area contributed by atoms with Crippen LogP contribution in [0.3, 0.4) is 0 Å². The molecule has 0 fully saturated rings. The molecule has 0 aliphatic heterocycles. The van der Waals surface area contributed by atoms with Crippen LogP contribution in [0.5, 0.6) is 0 Å². The van der Waals surface area contributed by atoms with Crippen LogP contribution in [0.4, 0.5) is 0 Å². The van der Waals surface area contributed by atoms with Crippen molar-refractivity contribution in [2.45, 2.75) is 13.0 Å². The van der Waals surface area contributed by atoms with Gasteiger partial charge in [-0.25, -0.2) is 4.98 Å². The summed E-state index contributed by atoms with van der Waals surface area (Å²) >= 11 is 3.18. The molecule has 0 radical (unpaired) electrons. The summed E-state index contributed by atoms with van der Waals surface area (Å²) in [6.45, 7) is 1.61. The quantitative estimate of drug-likeness (QED) is 0.899. The first kappa shape index (κ1) is 9.48. The molecular weight excluding hydrogens is 250 g/mol. The van der Waals surface area contributed by atoms with E-state index in [0.717, 1.165) is 0 Å². The Morgan fingerprint density at radius 1 is 1.43 bits per heavy atom. The normalized spacial score (nSPS) is 13.1. The zero-order valence-corrected chi connectivity index (χ0v) is 8.98. The van der Waals surface area contributed by atoms with Crippen molar-refractivity contribution in [3.8, 4) is 11.7 Å². The van der Waals surface area contributed by atoms with E-state index in [1.807, 2.05) is 0 Å². The van der Waals surface area contributed by atoms with Gasteiger partial charge < -0.3 is 13.9 Å². The number of rotatable bonds is 2. The minimum Gasteiger partial charge on any atom is -0.444 e. The summed E-state index contributed by atoms with van der Waals surface area (Å²) in [6, 6.07) is 3.49. The number of halogens is 1. The third kappa shape index (κ3) is 1.73. The molecule has 0 saturated heterocycles. The van der Waals surface area contributed by atoms with Crippen LogP contribution in [0.2, 0.25) is 0 Å². The molecule has 2 aromatic heterocycles. The lowest BCUT2D eigenvalue weighted by molar-refractivity contribution is 0.170. The third-order valence-electron chi connectivity index (χ3n) is 1.72.